The van der Waals surface area contributed by atoms with Crippen molar-refractivity contribution in [1.29, 1.82) is 0 Å². The molecule has 0 aromatic heterocycles. The molecule has 0 aromatic carbocycles. The third-order valence-corrected chi connectivity index (χ3v) is 4.90. The van der Waals surface area contributed by atoms with Crippen molar-refractivity contribution in [2.24, 2.45) is 0 Å². The van der Waals surface area contributed by atoms with Crippen LogP contribution in [0.15, 0.2) is 0 Å². The first kappa shape index (κ1) is 14.3. The number of ether oxygens (including phenoxy) is 2. The van der Waals surface area contributed by atoms with Gasteiger partial charge in [0.05, 0.1) is 24.9 Å². The van der Waals surface area contributed by atoms with Gasteiger partial charge in [-0.3, -0.25) is 9.69 Å². The molecule has 2 atom stereocenters. The van der Waals surface area contributed by atoms with Crippen molar-refractivity contribution in [3.05, 3.63) is 0 Å². The van der Waals surface area contributed by atoms with Crippen molar-refractivity contribution < 1.29 is 14.3 Å². The summed E-state index contributed by atoms with van der Waals surface area (Å²) >= 11 is 0. The van der Waals surface area contributed by atoms with Crippen LogP contribution in [0.1, 0.15) is 32.6 Å². The highest BCUT2D eigenvalue weighted by molar-refractivity contribution is 5.73. The minimum absolute atomic E-state index is 0.0547. The van der Waals surface area contributed by atoms with E-state index >= 15 is 0 Å². The predicted molar refractivity (Wildman–Crippen MR) is 75.6 cm³/mol. The number of rotatable bonds is 2. The van der Waals surface area contributed by atoms with Crippen LogP contribution >= 0.6 is 0 Å². The number of carbonyl (C=O) groups is 1. The van der Waals surface area contributed by atoms with E-state index in [4.69, 9.17) is 9.47 Å². The van der Waals surface area contributed by atoms with Crippen molar-refractivity contribution >= 4 is 5.91 Å². The zero-order valence-corrected chi connectivity index (χ0v) is 12.5. The van der Waals surface area contributed by atoms with Crippen molar-refractivity contribution in [3.63, 3.8) is 0 Å². The van der Waals surface area contributed by atoms with E-state index in [0.29, 0.717) is 6.10 Å². The highest BCUT2D eigenvalue weighted by Gasteiger charge is 2.43. The fourth-order valence-corrected chi connectivity index (χ4v) is 3.74. The van der Waals surface area contributed by atoms with Crippen LogP contribution < -0.4 is 0 Å². The first-order valence-corrected chi connectivity index (χ1v) is 7.90. The summed E-state index contributed by atoms with van der Waals surface area (Å²) in [6, 6.07) is 0. The molecule has 3 heterocycles. The third-order valence-electron chi connectivity index (χ3n) is 4.90. The molecule has 1 spiro atoms. The molecule has 1 amide bonds. The quantitative estimate of drug-likeness (QED) is 0.754. The van der Waals surface area contributed by atoms with Crippen LogP contribution in [0.2, 0.25) is 0 Å². The van der Waals surface area contributed by atoms with Gasteiger partial charge in [0.25, 0.3) is 0 Å². The Labute approximate surface area is 121 Å². The molecule has 0 aliphatic carbocycles. The normalized spacial score (nSPS) is 35.6. The molecule has 5 nitrogen and oxygen atoms in total. The van der Waals surface area contributed by atoms with Gasteiger partial charge in [-0.2, -0.15) is 0 Å². The summed E-state index contributed by atoms with van der Waals surface area (Å²) in [6.07, 6.45) is 4.82. The third kappa shape index (κ3) is 3.15. The average molecular weight is 282 g/mol. The fourth-order valence-electron chi connectivity index (χ4n) is 3.74. The molecule has 0 saturated carbocycles. The largest absolute Gasteiger partial charge is 0.379 e. The number of carbonyl (C=O) groups excluding carboxylic acids is 1. The van der Waals surface area contributed by atoms with Crippen molar-refractivity contribution in [2.45, 2.75) is 44.3 Å². The number of likely N-dealkylation sites (tertiary alicyclic amines) is 1. The maximum Gasteiger partial charge on any atom is 0.219 e. The molecule has 0 aromatic rings. The van der Waals surface area contributed by atoms with Crippen LogP contribution in [0.25, 0.3) is 0 Å². The molecule has 20 heavy (non-hydrogen) atoms. The molecule has 0 unspecified atom stereocenters. The maximum absolute atomic E-state index is 11.5. The van der Waals surface area contributed by atoms with Gasteiger partial charge in [0.2, 0.25) is 5.91 Å². The second-order valence-electron chi connectivity index (χ2n) is 6.42. The van der Waals surface area contributed by atoms with Crippen LogP contribution in [0.3, 0.4) is 0 Å². The first-order chi connectivity index (χ1) is 9.67. The van der Waals surface area contributed by atoms with Gasteiger partial charge < -0.3 is 14.4 Å². The molecular formula is C15H26N2O3. The molecule has 3 fully saturated rings. The lowest BCUT2D eigenvalue weighted by Crippen LogP contribution is -2.49. The monoisotopic (exact) mass is 282 g/mol. The Balaban J connectivity index is 1.55. The summed E-state index contributed by atoms with van der Waals surface area (Å²) < 4.78 is 11.8. The molecule has 0 N–H and O–H groups in total. The zero-order valence-electron chi connectivity index (χ0n) is 12.5. The topological polar surface area (TPSA) is 42.0 Å². The van der Waals surface area contributed by atoms with Crippen LogP contribution in [-0.4, -0.2) is 73.3 Å². The Bertz CT molecular complexity index is 357. The standard InChI is InChI=1S/C15H26N2O3/c1-13(18)17-6-5-15(12-17)4-2-3-14(20-15)11-16-7-9-19-10-8-16/h14H,2-12H2,1H3/t14-,15+/m0/s1. The molecule has 3 aliphatic heterocycles. The summed E-state index contributed by atoms with van der Waals surface area (Å²) in [4.78, 5) is 15.9. The summed E-state index contributed by atoms with van der Waals surface area (Å²) in [7, 11) is 0. The lowest BCUT2D eigenvalue weighted by molar-refractivity contribution is -0.141. The van der Waals surface area contributed by atoms with Crippen LogP contribution in [0.4, 0.5) is 0 Å². The molecule has 5 heteroatoms. The van der Waals surface area contributed by atoms with E-state index in [2.05, 4.69) is 4.90 Å². The number of hydrogen-bond acceptors (Lipinski definition) is 4. The SMILES string of the molecule is CC(=O)N1CC[C@]2(CCC[C@@H](CN3CCOCC3)O2)C1. The van der Waals surface area contributed by atoms with Crippen molar-refractivity contribution in [1.82, 2.24) is 9.80 Å². The number of nitrogens with zero attached hydrogens (tertiary/aromatic N) is 2. The van der Waals surface area contributed by atoms with Gasteiger partial charge in [-0.05, 0) is 25.7 Å². The van der Waals surface area contributed by atoms with Gasteiger partial charge >= 0.3 is 0 Å². The van der Waals surface area contributed by atoms with E-state index in [9.17, 15) is 4.79 Å². The summed E-state index contributed by atoms with van der Waals surface area (Å²) in [5, 5.41) is 0. The average Bonchev–Trinajstić information content (AvgIpc) is 2.84. The summed E-state index contributed by atoms with van der Waals surface area (Å²) in [6.45, 7) is 8.06. The van der Waals surface area contributed by atoms with Crippen LogP contribution in [-0.2, 0) is 14.3 Å². The number of hydrogen-bond donors (Lipinski definition) is 0. The van der Waals surface area contributed by atoms with E-state index < -0.39 is 0 Å². The smallest absolute Gasteiger partial charge is 0.219 e. The van der Waals surface area contributed by atoms with Gasteiger partial charge in [-0.1, -0.05) is 0 Å². The van der Waals surface area contributed by atoms with E-state index in [1.807, 2.05) is 4.90 Å². The number of morpholine rings is 1. The van der Waals surface area contributed by atoms with Gasteiger partial charge in [0.15, 0.2) is 0 Å². The molecule has 0 bridgehead atoms. The Morgan fingerprint density at radius 1 is 1.25 bits per heavy atom. The lowest BCUT2D eigenvalue weighted by atomic mass is 9.90. The second-order valence-corrected chi connectivity index (χ2v) is 6.42. The molecule has 3 aliphatic rings. The molecule has 3 saturated heterocycles. The van der Waals surface area contributed by atoms with Gasteiger partial charge in [0.1, 0.15) is 0 Å². The van der Waals surface area contributed by atoms with Crippen molar-refractivity contribution in [2.75, 3.05) is 45.9 Å². The highest BCUT2D eigenvalue weighted by atomic mass is 16.5. The Morgan fingerprint density at radius 3 is 2.75 bits per heavy atom. The van der Waals surface area contributed by atoms with Gasteiger partial charge in [0, 0.05) is 39.6 Å². The minimum Gasteiger partial charge on any atom is -0.379 e. The lowest BCUT2D eigenvalue weighted by Gasteiger charge is -2.41. The van der Waals surface area contributed by atoms with Crippen LogP contribution in [0.5, 0.6) is 0 Å². The van der Waals surface area contributed by atoms with E-state index in [1.165, 1.54) is 6.42 Å². The van der Waals surface area contributed by atoms with Gasteiger partial charge in [-0.25, -0.2) is 0 Å². The highest BCUT2D eigenvalue weighted by Crippen LogP contribution is 2.36. The fraction of sp³-hybridized carbons (Fsp3) is 0.933. The minimum atomic E-state index is -0.0547. The Hall–Kier alpha value is -0.650. The number of amides is 1. The van der Waals surface area contributed by atoms with Crippen molar-refractivity contribution in [3.8, 4) is 0 Å². The van der Waals surface area contributed by atoms with Gasteiger partial charge in [-0.15, -0.1) is 0 Å². The van der Waals surface area contributed by atoms with E-state index in [0.717, 1.165) is 65.2 Å². The molecule has 114 valence electrons. The van der Waals surface area contributed by atoms with E-state index in [1.54, 1.807) is 6.92 Å². The Morgan fingerprint density at radius 2 is 2.05 bits per heavy atom. The first-order valence-electron chi connectivity index (χ1n) is 7.90. The summed E-state index contributed by atoms with van der Waals surface area (Å²) in [5.41, 5.74) is -0.0547. The Kier molecular flexibility index (Phi) is 4.29. The maximum atomic E-state index is 11.5. The summed E-state index contributed by atoms with van der Waals surface area (Å²) in [5.74, 6) is 0.181. The predicted octanol–water partition coefficient (Wildman–Crippen LogP) is 0.879. The molecular weight excluding hydrogens is 256 g/mol. The van der Waals surface area contributed by atoms with E-state index in [-0.39, 0.29) is 11.5 Å². The molecule has 3 rings (SSSR count). The zero-order chi connectivity index (χ0) is 14.0. The van der Waals surface area contributed by atoms with Crippen LogP contribution in [0, 0.1) is 0 Å². The second kappa shape index (κ2) is 6.00. The molecule has 0 radical (unpaired) electrons.